The van der Waals surface area contributed by atoms with Gasteiger partial charge in [0.25, 0.3) is 0 Å². The van der Waals surface area contributed by atoms with Crippen LogP contribution in [-0.2, 0) is 0 Å². The molecule has 0 bridgehead atoms. The van der Waals surface area contributed by atoms with Gasteiger partial charge in [-0.3, -0.25) is 0 Å². The third-order valence-electron chi connectivity index (χ3n) is 0.923. The van der Waals surface area contributed by atoms with Gasteiger partial charge in [0.15, 0.2) is 0 Å². The van der Waals surface area contributed by atoms with Crippen molar-refractivity contribution in [3.63, 3.8) is 0 Å². The first kappa shape index (κ1) is 6.92. The van der Waals surface area contributed by atoms with Gasteiger partial charge in [0, 0.05) is 6.04 Å². The van der Waals surface area contributed by atoms with Crippen LogP contribution >= 0.6 is 0 Å². The second kappa shape index (κ2) is 4.09. The van der Waals surface area contributed by atoms with Crippen LogP contribution in [0.3, 0.4) is 0 Å². The van der Waals surface area contributed by atoms with E-state index in [1.54, 1.807) is 0 Å². The molecule has 0 amide bonds. The highest BCUT2D eigenvalue weighted by Gasteiger charge is 1.91. The summed E-state index contributed by atoms with van der Waals surface area (Å²) in [6.07, 6.45) is 0.955. The molecule has 0 fully saturated rings. The van der Waals surface area contributed by atoms with Crippen LogP contribution in [0.15, 0.2) is 0 Å². The van der Waals surface area contributed by atoms with Crippen molar-refractivity contribution in [2.45, 2.75) is 12.5 Å². The molecular formula is C5H13N2. The highest BCUT2D eigenvalue weighted by atomic mass is 14.9. The van der Waals surface area contributed by atoms with E-state index >= 15 is 0 Å². The summed E-state index contributed by atoms with van der Waals surface area (Å²) in [5.41, 5.74) is 5.22. The van der Waals surface area contributed by atoms with Gasteiger partial charge in [-0.2, -0.15) is 0 Å². The van der Waals surface area contributed by atoms with Gasteiger partial charge in [-0.15, -0.1) is 0 Å². The quantitative estimate of drug-likeness (QED) is 0.515. The Bertz CT molecular complexity index is 37.1. The molecule has 2 nitrogen and oxygen atoms in total. The molecule has 0 spiro atoms. The Morgan fingerprint density at radius 3 is 2.57 bits per heavy atom. The molecule has 7 heavy (non-hydrogen) atoms. The van der Waals surface area contributed by atoms with E-state index in [1.165, 1.54) is 0 Å². The highest BCUT2D eigenvalue weighted by Crippen LogP contribution is 1.81. The van der Waals surface area contributed by atoms with Crippen molar-refractivity contribution in [1.82, 2.24) is 5.32 Å². The van der Waals surface area contributed by atoms with E-state index in [0.29, 0.717) is 6.04 Å². The maximum Gasteiger partial charge on any atom is 0.00766 e. The second-order valence-corrected chi connectivity index (χ2v) is 1.56. The molecule has 0 aromatic heterocycles. The van der Waals surface area contributed by atoms with Crippen LogP contribution in [0.4, 0.5) is 0 Å². The van der Waals surface area contributed by atoms with Crippen LogP contribution in [0.25, 0.3) is 0 Å². The lowest BCUT2D eigenvalue weighted by atomic mass is 10.2. The second-order valence-electron chi connectivity index (χ2n) is 1.56. The minimum Gasteiger partial charge on any atom is -0.330 e. The number of nitrogens with two attached hydrogens (primary N) is 1. The zero-order valence-electron chi connectivity index (χ0n) is 4.78. The topological polar surface area (TPSA) is 38.0 Å². The summed E-state index contributed by atoms with van der Waals surface area (Å²) < 4.78 is 0. The third kappa shape index (κ3) is 3.76. The summed E-state index contributed by atoms with van der Waals surface area (Å²) in [5, 5.41) is 2.97. The van der Waals surface area contributed by atoms with Gasteiger partial charge in [0.05, 0.1) is 0 Å². The molecule has 0 aliphatic heterocycles. The molecule has 43 valence electrons. The lowest BCUT2D eigenvalue weighted by molar-refractivity contribution is 0.619. The Kier molecular flexibility index (Phi) is 4.04. The lowest BCUT2D eigenvalue weighted by Gasteiger charge is -2.05. The smallest absolute Gasteiger partial charge is 0.00766 e. The van der Waals surface area contributed by atoms with Gasteiger partial charge in [0.1, 0.15) is 0 Å². The zero-order valence-corrected chi connectivity index (χ0v) is 4.78. The molecule has 0 aliphatic carbocycles. The summed E-state index contributed by atoms with van der Waals surface area (Å²) in [7, 11) is 1.88. The van der Waals surface area contributed by atoms with Crippen molar-refractivity contribution >= 4 is 0 Å². The van der Waals surface area contributed by atoms with Crippen molar-refractivity contribution in [1.29, 1.82) is 0 Å². The fourth-order valence-corrected chi connectivity index (χ4v) is 0.346. The van der Waals surface area contributed by atoms with Crippen molar-refractivity contribution in [2.75, 3.05) is 13.6 Å². The van der Waals surface area contributed by atoms with Crippen molar-refractivity contribution < 1.29 is 0 Å². The lowest BCUT2D eigenvalue weighted by Crippen LogP contribution is -2.24. The molecule has 0 aromatic carbocycles. The fourth-order valence-electron chi connectivity index (χ4n) is 0.346. The standard InChI is InChI=1S/C5H13N2/c1-5(7-2)3-4-6/h5,7H,1,3-4,6H2,2H3. The predicted molar refractivity (Wildman–Crippen MR) is 31.9 cm³/mol. The molecule has 1 unspecified atom stereocenters. The van der Waals surface area contributed by atoms with Crippen LogP contribution in [0.1, 0.15) is 6.42 Å². The Morgan fingerprint density at radius 1 is 1.86 bits per heavy atom. The molecule has 3 N–H and O–H groups in total. The number of rotatable bonds is 3. The van der Waals surface area contributed by atoms with Crippen molar-refractivity contribution in [2.24, 2.45) is 5.73 Å². The number of hydrogen-bond acceptors (Lipinski definition) is 2. The maximum absolute atomic E-state index is 5.22. The Hall–Kier alpha value is -0.0800. The molecular weight excluding hydrogens is 88.1 g/mol. The van der Waals surface area contributed by atoms with Gasteiger partial charge in [-0.25, -0.2) is 0 Å². The van der Waals surface area contributed by atoms with E-state index in [1.807, 2.05) is 7.05 Å². The van der Waals surface area contributed by atoms with Gasteiger partial charge in [-0.05, 0) is 26.9 Å². The van der Waals surface area contributed by atoms with Crippen LogP contribution in [0.5, 0.6) is 0 Å². The normalized spacial score (nSPS) is 14.1. The average Bonchev–Trinajstić information content (AvgIpc) is 1.68. The van der Waals surface area contributed by atoms with Crippen LogP contribution in [0, 0.1) is 6.92 Å². The summed E-state index contributed by atoms with van der Waals surface area (Å²) >= 11 is 0. The summed E-state index contributed by atoms with van der Waals surface area (Å²) in [6, 6.07) is 0.324. The van der Waals surface area contributed by atoms with E-state index in [2.05, 4.69) is 12.2 Å². The molecule has 1 radical (unpaired) electrons. The van der Waals surface area contributed by atoms with Crippen molar-refractivity contribution in [3.05, 3.63) is 6.92 Å². The average molecular weight is 101 g/mol. The van der Waals surface area contributed by atoms with Crippen LogP contribution in [0.2, 0.25) is 0 Å². The Morgan fingerprint density at radius 2 is 2.43 bits per heavy atom. The highest BCUT2D eigenvalue weighted by molar-refractivity contribution is 4.65. The first-order valence-electron chi connectivity index (χ1n) is 2.51. The van der Waals surface area contributed by atoms with Gasteiger partial charge >= 0.3 is 0 Å². The first-order chi connectivity index (χ1) is 3.31. The van der Waals surface area contributed by atoms with Crippen LogP contribution in [-0.4, -0.2) is 19.6 Å². The third-order valence-corrected chi connectivity index (χ3v) is 0.923. The molecule has 1 atom stereocenters. The predicted octanol–water partition coefficient (Wildman–Crippen LogP) is -0.243. The maximum atomic E-state index is 5.22. The van der Waals surface area contributed by atoms with E-state index in [0.717, 1.165) is 13.0 Å². The van der Waals surface area contributed by atoms with E-state index in [-0.39, 0.29) is 0 Å². The molecule has 0 aliphatic rings. The Labute approximate surface area is 45.1 Å². The molecule has 0 saturated heterocycles. The SMILES string of the molecule is [CH2]C(CCN)NC. The van der Waals surface area contributed by atoms with Crippen LogP contribution < -0.4 is 11.1 Å². The molecule has 0 rings (SSSR count). The van der Waals surface area contributed by atoms with E-state index < -0.39 is 0 Å². The van der Waals surface area contributed by atoms with Gasteiger partial charge in [0.2, 0.25) is 0 Å². The van der Waals surface area contributed by atoms with Gasteiger partial charge < -0.3 is 11.1 Å². The number of nitrogens with one attached hydrogen (secondary N) is 1. The minimum absolute atomic E-state index is 0.324. The summed E-state index contributed by atoms with van der Waals surface area (Å²) in [4.78, 5) is 0. The largest absolute Gasteiger partial charge is 0.330 e. The summed E-state index contributed by atoms with van der Waals surface area (Å²) in [5.74, 6) is 0. The summed E-state index contributed by atoms with van der Waals surface area (Å²) in [6.45, 7) is 4.47. The molecule has 2 heteroatoms. The minimum atomic E-state index is 0.324. The fraction of sp³-hybridized carbons (Fsp3) is 0.800. The Balaban J connectivity index is 2.83. The van der Waals surface area contributed by atoms with Gasteiger partial charge in [-0.1, -0.05) is 0 Å². The first-order valence-corrected chi connectivity index (χ1v) is 2.51. The molecule has 0 saturated carbocycles. The number of hydrogen-bond donors (Lipinski definition) is 2. The zero-order chi connectivity index (χ0) is 5.70. The van der Waals surface area contributed by atoms with Crippen molar-refractivity contribution in [3.8, 4) is 0 Å². The van der Waals surface area contributed by atoms with E-state index in [9.17, 15) is 0 Å². The van der Waals surface area contributed by atoms with E-state index in [4.69, 9.17) is 5.73 Å². The molecule has 0 aromatic rings. The monoisotopic (exact) mass is 101 g/mol. The molecule has 0 heterocycles.